The Morgan fingerprint density at radius 2 is 1.73 bits per heavy atom. The summed E-state index contributed by atoms with van der Waals surface area (Å²) in [5.74, 6) is 2.09. The van der Waals surface area contributed by atoms with Crippen LogP contribution in [0.25, 0.3) is 5.69 Å². The van der Waals surface area contributed by atoms with Gasteiger partial charge in [-0.15, -0.1) is 0 Å². The van der Waals surface area contributed by atoms with Crippen molar-refractivity contribution < 1.29 is 4.79 Å². The third-order valence-corrected chi connectivity index (χ3v) is 6.32. The molecule has 0 saturated carbocycles. The van der Waals surface area contributed by atoms with Crippen molar-refractivity contribution in [2.75, 3.05) is 26.2 Å². The number of carbonyl (C=O) groups excluding carboxylic acids is 1. The Kier molecular flexibility index (Phi) is 4.38. The molecular formula is C22H27N7O. The largest absolute Gasteiger partial charge is 0.378 e. The van der Waals surface area contributed by atoms with Crippen LogP contribution in [0.3, 0.4) is 0 Å². The summed E-state index contributed by atoms with van der Waals surface area (Å²) in [4.78, 5) is 24.1. The van der Waals surface area contributed by atoms with E-state index in [1.54, 1.807) is 12.4 Å². The molecule has 2 saturated heterocycles. The third kappa shape index (κ3) is 3.16. The van der Waals surface area contributed by atoms with Gasteiger partial charge < -0.3 is 15.1 Å². The lowest BCUT2D eigenvalue weighted by atomic mass is 10.0. The molecule has 0 bridgehead atoms. The Hall–Kier alpha value is -3.16. The maximum atomic E-state index is 13.3. The Morgan fingerprint density at radius 1 is 1.07 bits per heavy atom. The summed E-state index contributed by atoms with van der Waals surface area (Å²) in [6.45, 7) is 9.78. The number of nitrogens with one attached hydrogen (secondary N) is 1. The van der Waals surface area contributed by atoms with Crippen LogP contribution in [0.2, 0.25) is 0 Å². The van der Waals surface area contributed by atoms with Crippen LogP contribution in [0, 0.1) is 11.8 Å². The number of benzene rings is 1. The average molecular weight is 406 g/mol. The number of hydrogen-bond donors (Lipinski definition) is 1. The van der Waals surface area contributed by atoms with Crippen molar-refractivity contribution in [1.82, 2.24) is 30.1 Å². The first kappa shape index (κ1) is 18.8. The number of para-hydroxylation sites is 1. The molecule has 0 aliphatic carbocycles. The van der Waals surface area contributed by atoms with Crippen molar-refractivity contribution in [2.24, 2.45) is 16.8 Å². The number of amidine groups is 1. The van der Waals surface area contributed by atoms with E-state index in [1.807, 2.05) is 42.3 Å². The molecule has 1 aromatic heterocycles. The summed E-state index contributed by atoms with van der Waals surface area (Å²) in [6.07, 6.45) is 5.22. The zero-order valence-corrected chi connectivity index (χ0v) is 17.6. The molecule has 2 atom stereocenters. The van der Waals surface area contributed by atoms with E-state index in [-0.39, 0.29) is 11.4 Å². The molecule has 4 heterocycles. The molecule has 0 radical (unpaired) electrons. The number of hydrogen-bond acceptors (Lipinski definition) is 6. The van der Waals surface area contributed by atoms with Crippen LogP contribution in [0.1, 0.15) is 31.1 Å². The second-order valence-corrected chi connectivity index (χ2v) is 8.96. The van der Waals surface area contributed by atoms with Gasteiger partial charge in [0, 0.05) is 44.2 Å². The summed E-state index contributed by atoms with van der Waals surface area (Å²) in [5.41, 5.74) is 2.19. The van der Waals surface area contributed by atoms with E-state index in [0.29, 0.717) is 17.4 Å². The van der Waals surface area contributed by atoms with Crippen molar-refractivity contribution in [1.29, 1.82) is 0 Å². The Bertz CT molecular complexity index is 1010. The molecule has 1 amide bonds. The van der Waals surface area contributed by atoms with Crippen LogP contribution < -0.4 is 5.32 Å². The quantitative estimate of drug-likeness (QED) is 0.826. The normalized spacial score (nSPS) is 24.9. The molecule has 3 aliphatic heterocycles. The minimum absolute atomic E-state index is 0.0552. The fourth-order valence-electron chi connectivity index (χ4n) is 4.83. The van der Waals surface area contributed by atoms with Crippen LogP contribution in [-0.2, 0) is 0 Å². The highest BCUT2D eigenvalue weighted by atomic mass is 16.2. The highest BCUT2D eigenvalue weighted by Crippen LogP contribution is 2.34. The summed E-state index contributed by atoms with van der Waals surface area (Å²) >= 11 is 0. The molecule has 3 aliphatic rings. The topological polar surface area (TPSA) is 78.6 Å². The third-order valence-electron chi connectivity index (χ3n) is 6.32. The molecule has 2 unspecified atom stereocenters. The monoisotopic (exact) mass is 405 g/mol. The summed E-state index contributed by atoms with van der Waals surface area (Å²) in [5, 5.41) is 11.9. The highest BCUT2D eigenvalue weighted by molar-refractivity contribution is 5.98. The lowest BCUT2D eigenvalue weighted by Gasteiger charge is -2.37. The number of fused-ring (bicyclic) bond motifs is 1. The maximum Gasteiger partial charge on any atom is 0.256 e. The van der Waals surface area contributed by atoms with E-state index in [1.165, 1.54) is 4.80 Å². The second-order valence-electron chi connectivity index (χ2n) is 8.96. The molecule has 8 nitrogen and oxygen atoms in total. The standard InChI is InChI=1S/C22H27N7O/c1-15-10-23-22(2,3)21(26-15)28-13-16-11-27(12-17(16)14-28)20(30)18-6-4-5-7-19(18)29-24-8-9-25-29/h4-10,16-17,23H,11-14H2,1-3H3. The molecule has 30 heavy (non-hydrogen) atoms. The molecule has 2 aromatic rings. The molecule has 2 fully saturated rings. The number of nitrogens with zero attached hydrogens (tertiary/aromatic N) is 6. The van der Waals surface area contributed by atoms with Gasteiger partial charge in [0.15, 0.2) is 0 Å². The highest BCUT2D eigenvalue weighted by Gasteiger charge is 2.45. The van der Waals surface area contributed by atoms with Gasteiger partial charge in [0.25, 0.3) is 5.91 Å². The number of amides is 1. The fourth-order valence-corrected chi connectivity index (χ4v) is 4.83. The minimum atomic E-state index is -0.177. The van der Waals surface area contributed by atoms with Crippen molar-refractivity contribution in [2.45, 2.75) is 26.3 Å². The molecule has 1 aromatic carbocycles. The van der Waals surface area contributed by atoms with Gasteiger partial charge in [0.05, 0.1) is 34.9 Å². The number of aliphatic imine (C=N–C) groups is 1. The van der Waals surface area contributed by atoms with Gasteiger partial charge in [-0.1, -0.05) is 12.1 Å². The zero-order valence-electron chi connectivity index (χ0n) is 17.6. The van der Waals surface area contributed by atoms with E-state index in [2.05, 4.69) is 34.3 Å². The van der Waals surface area contributed by atoms with Crippen molar-refractivity contribution >= 4 is 11.7 Å². The number of likely N-dealkylation sites (tertiary alicyclic amines) is 2. The average Bonchev–Trinajstić information content (AvgIpc) is 3.45. The predicted octanol–water partition coefficient (Wildman–Crippen LogP) is 1.91. The minimum Gasteiger partial charge on any atom is -0.378 e. The van der Waals surface area contributed by atoms with Crippen LogP contribution >= 0.6 is 0 Å². The number of allylic oxidation sites excluding steroid dienone is 1. The van der Waals surface area contributed by atoms with Crippen molar-refractivity contribution in [3.05, 3.63) is 54.1 Å². The number of rotatable bonds is 2. The first-order valence-electron chi connectivity index (χ1n) is 10.5. The van der Waals surface area contributed by atoms with Gasteiger partial charge in [-0.2, -0.15) is 15.0 Å². The molecule has 5 rings (SSSR count). The molecule has 1 N–H and O–H groups in total. The lowest BCUT2D eigenvalue weighted by Crippen LogP contribution is -2.54. The summed E-state index contributed by atoms with van der Waals surface area (Å²) in [6, 6.07) is 7.55. The number of aromatic nitrogens is 3. The van der Waals surface area contributed by atoms with Crippen LogP contribution in [0.4, 0.5) is 0 Å². The molecule has 0 spiro atoms. The fraction of sp³-hybridized carbons (Fsp3) is 0.455. The van der Waals surface area contributed by atoms with E-state index in [4.69, 9.17) is 4.99 Å². The van der Waals surface area contributed by atoms with Gasteiger partial charge in [0.2, 0.25) is 0 Å². The first-order chi connectivity index (χ1) is 14.4. The Labute approximate surface area is 176 Å². The maximum absolute atomic E-state index is 13.3. The Balaban J connectivity index is 1.31. The van der Waals surface area contributed by atoms with E-state index in [0.717, 1.165) is 43.4 Å². The SMILES string of the molecule is CC1=CNC(C)(C)C(N2CC3CN(C(=O)c4ccccc4-n4nccn4)CC3C2)=N1. The molecule has 156 valence electrons. The van der Waals surface area contributed by atoms with Crippen molar-refractivity contribution in [3.8, 4) is 5.69 Å². The van der Waals surface area contributed by atoms with Crippen LogP contribution in [-0.4, -0.2) is 68.3 Å². The molecule has 8 heteroatoms. The number of carbonyl (C=O) groups is 1. The van der Waals surface area contributed by atoms with Crippen LogP contribution in [0.5, 0.6) is 0 Å². The predicted molar refractivity (Wildman–Crippen MR) is 114 cm³/mol. The Morgan fingerprint density at radius 3 is 2.43 bits per heavy atom. The summed E-state index contributed by atoms with van der Waals surface area (Å²) in [7, 11) is 0. The van der Waals surface area contributed by atoms with Gasteiger partial charge >= 0.3 is 0 Å². The van der Waals surface area contributed by atoms with Crippen LogP contribution in [0.15, 0.2) is 53.5 Å². The van der Waals surface area contributed by atoms with E-state index in [9.17, 15) is 4.79 Å². The van der Waals surface area contributed by atoms with Crippen molar-refractivity contribution in [3.63, 3.8) is 0 Å². The zero-order chi connectivity index (χ0) is 20.9. The van der Waals surface area contributed by atoms with E-state index < -0.39 is 0 Å². The lowest BCUT2D eigenvalue weighted by molar-refractivity contribution is 0.0777. The first-order valence-corrected chi connectivity index (χ1v) is 10.5. The van der Waals surface area contributed by atoms with Gasteiger partial charge in [-0.25, -0.2) is 4.99 Å². The van der Waals surface area contributed by atoms with Gasteiger partial charge in [-0.05, 0) is 32.9 Å². The van der Waals surface area contributed by atoms with Gasteiger partial charge in [0.1, 0.15) is 5.84 Å². The second kappa shape index (κ2) is 6.97. The smallest absolute Gasteiger partial charge is 0.256 e. The summed E-state index contributed by atoms with van der Waals surface area (Å²) < 4.78 is 0. The van der Waals surface area contributed by atoms with E-state index >= 15 is 0 Å². The molecular weight excluding hydrogens is 378 g/mol. The van der Waals surface area contributed by atoms with Gasteiger partial charge in [-0.3, -0.25) is 4.79 Å².